The summed E-state index contributed by atoms with van der Waals surface area (Å²) < 4.78 is 2.32. The van der Waals surface area contributed by atoms with Crippen LogP contribution in [-0.4, -0.2) is 38.6 Å². The molecule has 4 heterocycles. The Hall–Kier alpha value is -3.71. The van der Waals surface area contributed by atoms with Crippen LogP contribution in [0.2, 0.25) is 0 Å². The van der Waals surface area contributed by atoms with Gasteiger partial charge in [0.1, 0.15) is 0 Å². The highest BCUT2D eigenvalue weighted by Gasteiger charge is 2.41. The lowest BCUT2D eigenvalue weighted by Gasteiger charge is -2.28. The van der Waals surface area contributed by atoms with Gasteiger partial charge in [-0.05, 0) is 86.2 Å². The van der Waals surface area contributed by atoms with E-state index in [0.29, 0.717) is 6.54 Å². The Morgan fingerprint density at radius 1 is 0.943 bits per heavy atom. The molecule has 0 aliphatic carbocycles. The predicted octanol–water partition coefficient (Wildman–Crippen LogP) is 5.12. The monoisotopic (exact) mass is 482 g/mol. The van der Waals surface area contributed by atoms with Gasteiger partial charge in [0.15, 0.2) is 5.11 Å². The summed E-state index contributed by atoms with van der Waals surface area (Å²) in [6, 6.07) is 22.9. The first-order valence-electron chi connectivity index (χ1n) is 11.8. The van der Waals surface area contributed by atoms with Crippen molar-refractivity contribution in [2.45, 2.75) is 32.5 Å². The molecule has 0 bridgehead atoms. The minimum Gasteiger partial charge on any atom is -0.378 e. The molecule has 1 saturated heterocycles. The topological polar surface area (TPSA) is 49.2 Å². The number of aryl methyl sites for hydroxylation is 1. The molecular formula is C28H30N6S. The molecular weight excluding hydrogens is 452 g/mol. The van der Waals surface area contributed by atoms with Gasteiger partial charge in [-0.1, -0.05) is 12.1 Å². The van der Waals surface area contributed by atoms with Gasteiger partial charge in [0, 0.05) is 49.3 Å². The minimum atomic E-state index is -0.0579. The normalized spacial score (nSPS) is 17.5. The molecule has 1 aliphatic heterocycles. The summed E-state index contributed by atoms with van der Waals surface area (Å²) in [7, 11) is 4.12. The van der Waals surface area contributed by atoms with Crippen molar-refractivity contribution < 1.29 is 0 Å². The Morgan fingerprint density at radius 2 is 1.66 bits per heavy atom. The van der Waals surface area contributed by atoms with Crippen LogP contribution in [0.1, 0.15) is 40.4 Å². The first kappa shape index (κ1) is 23.1. The van der Waals surface area contributed by atoms with Crippen molar-refractivity contribution in [3.63, 3.8) is 0 Å². The van der Waals surface area contributed by atoms with Crippen molar-refractivity contribution in [1.82, 2.24) is 24.8 Å². The molecule has 0 spiro atoms. The second-order valence-corrected chi connectivity index (χ2v) is 9.53. The second-order valence-electron chi connectivity index (χ2n) is 9.15. The maximum absolute atomic E-state index is 5.86. The summed E-state index contributed by atoms with van der Waals surface area (Å²) in [6.07, 6.45) is 3.67. The van der Waals surface area contributed by atoms with Gasteiger partial charge in [0.25, 0.3) is 0 Å². The number of pyridine rings is 2. The Bertz CT molecular complexity index is 1320. The third-order valence-corrected chi connectivity index (χ3v) is 7.02. The standard InChI is InChI=1S/C28H30N6S/c1-19-17-24(20(2)34(19)23-13-11-22(12-14-23)32(3)4)27-26(25-10-6-8-16-30-25)31-28(35)33(27)18-21-9-5-7-15-29-21/h5-17,26-27H,18H2,1-4H3,(H,31,35). The number of nitrogens with zero attached hydrogens (tertiary/aromatic N) is 5. The molecule has 6 nitrogen and oxygen atoms in total. The van der Waals surface area contributed by atoms with Crippen LogP contribution in [0.25, 0.3) is 5.69 Å². The zero-order valence-electron chi connectivity index (χ0n) is 20.5. The molecule has 1 N–H and O–H groups in total. The maximum Gasteiger partial charge on any atom is 0.170 e. The van der Waals surface area contributed by atoms with Crippen LogP contribution >= 0.6 is 12.2 Å². The van der Waals surface area contributed by atoms with E-state index in [1.54, 1.807) is 0 Å². The number of aromatic nitrogens is 3. The molecule has 1 fully saturated rings. The molecule has 4 aromatic rings. The molecule has 0 amide bonds. The summed E-state index contributed by atoms with van der Waals surface area (Å²) in [5, 5.41) is 4.28. The lowest BCUT2D eigenvalue weighted by molar-refractivity contribution is 0.307. The third-order valence-electron chi connectivity index (χ3n) is 6.67. The highest BCUT2D eigenvalue weighted by molar-refractivity contribution is 7.80. The Balaban J connectivity index is 1.59. The van der Waals surface area contributed by atoms with Crippen LogP contribution in [0.4, 0.5) is 5.69 Å². The lowest BCUT2D eigenvalue weighted by atomic mass is 9.96. The Morgan fingerprint density at radius 3 is 2.29 bits per heavy atom. The zero-order valence-corrected chi connectivity index (χ0v) is 21.3. The fourth-order valence-corrected chi connectivity index (χ4v) is 5.27. The summed E-state index contributed by atoms with van der Waals surface area (Å²) in [6.45, 7) is 4.98. The molecule has 5 rings (SSSR count). The Kier molecular flexibility index (Phi) is 6.26. The first-order valence-corrected chi connectivity index (χ1v) is 12.2. The summed E-state index contributed by atoms with van der Waals surface area (Å²) >= 11 is 5.86. The fraction of sp³-hybridized carbons (Fsp3) is 0.250. The van der Waals surface area contributed by atoms with E-state index >= 15 is 0 Å². The van der Waals surface area contributed by atoms with Crippen LogP contribution < -0.4 is 10.2 Å². The van der Waals surface area contributed by atoms with E-state index < -0.39 is 0 Å². The smallest absolute Gasteiger partial charge is 0.170 e. The van der Waals surface area contributed by atoms with Crippen molar-refractivity contribution in [2.24, 2.45) is 0 Å². The van der Waals surface area contributed by atoms with E-state index in [2.05, 4.69) is 94.0 Å². The van der Waals surface area contributed by atoms with E-state index in [0.717, 1.165) is 22.2 Å². The van der Waals surface area contributed by atoms with Crippen molar-refractivity contribution >= 4 is 23.0 Å². The summed E-state index contributed by atoms with van der Waals surface area (Å²) in [5.74, 6) is 0. The molecule has 0 saturated carbocycles. The second kappa shape index (κ2) is 9.50. The number of hydrogen-bond donors (Lipinski definition) is 1. The van der Waals surface area contributed by atoms with Crippen LogP contribution in [0.3, 0.4) is 0 Å². The van der Waals surface area contributed by atoms with Gasteiger partial charge in [-0.15, -0.1) is 0 Å². The summed E-state index contributed by atoms with van der Waals surface area (Å²) in [5.41, 5.74) is 7.90. The van der Waals surface area contributed by atoms with Crippen molar-refractivity contribution in [3.8, 4) is 5.69 Å². The third kappa shape index (κ3) is 4.39. The lowest BCUT2D eigenvalue weighted by Crippen LogP contribution is -2.29. The van der Waals surface area contributed by atoms with Crippen LogP contribution in [0.15, 0.2) is 79.1 Å². The van der Waals surface area contributed by atoms with E-state index in [1.807, 2.05) is 42.7 Å². The largest absolute Gasteiger partial charge is 0.378 e. The van der Waals surface area contributed by atoms with Gasteiger partial charge in [-0.3, -0.25) is 9.97 Å². The number of nitrogens with one attached hydrogen (secondary N) is 1. The average molecular weight is 483 g/mol. The molecule has 1 aliphatic rings. The summed E-state index contributed by atoms with van der Waals surface area (Å²) in [4.78, 5) is 13.6. The molecule has 0 radical (unpaired) electrons. The van der Waals surface area contributed by atoms with Gasteiger partial charge in [0.2, 0.25) is 0 Å². The quantitative estimate of drug-likeness (QED) is 0.385. The Labute approximate surface area is 212 Å². The van der Waals surface area contributed by atoms with Crippen molar-refractivity contribution in [3.05, 3.63) is 107 Å². The van der Waals surface area contributed by atoms with E-state index in [4.69, 9.17) is 12.2 Å². The molecule has 2 unspecified atom stereocenters. The minimum absolute atomic E-state index is 0.0135. The first-order chi connectivity index (χ1) is 16.9. The highest BCUT2D eigenvalue weighted by Crippen LogP contribution is 2.42. The van der Waals surface area contributed by atoms with Crippen LogP contribution in [-0.2, 0) is 6.54 Å². The number of anilines is 1. The predicted molar refractivity (Wildman–Crippen MR) is 145 cm³/mol. The number of benzene rings is 1. The fourth-order valence-electron chi connectivity index (χ4n) is 4.96. The number of hydrogen-bond acceptors (Lipinski definition) is 4. The molecule has 1 aromatic carbocycles. The molecule has 3 aromatic heterocycles. The van der Waals surface area contributed by atoms with Gasteiger partial charge in [-0.2, -0.15) is 0 Å². The van der Waals surface area contributed by atoms with Crippen LogP contribution in [0, 0.1) is 13.8 Å². The van der Waals surface area contributed by atoms with E-state index in [9.17, 15) is 0 Å². The molecule has 2 atom stereocenters. The molecule has 35 heavy (non-hydrogen) atoms. The van der Waals surface area contributed by atoms with Gasteiger partial charge in [0.05, 0.1) is 30.0 Å². The molecule has 178 valence electrons. The zero-order chi connectivity index (χ0) is 24.5. The number of thiocarbonyl (C=S) groups is 1. The van der Waals surface area contributed by atoms with Crippen molar-refractivity contribution in [2.75, 3.05) is 19.0 Å². The van der Waals surface area contributed by atoms with Crippen LogP contribution in [0.5, 0.6) is 0 Å². The SMILES string of the molecule is Cc1cc(C2C(c3ccccn3)NC(=S)N2Cc2ccccn2)c(C)n1-c1ccc(N(C)C)cc1. The maximum atomic E-state index is 5.86. The van der Waals surface area contributed by atoms with E-state index in [-0.39, 0.29) is 12.1 Å². The van der Waals surface area contributed by atoms with Gasteiger partial charge >= 0.3 is 0 Å². The highest BCUT2D eigenvalue weighted by atomic mass is 32.1. The average Bonchev–Trinajstić information content (AvgIpc) is 3.35. The van der Waals surface area contributed by atoms with Gasteiger partial charge < -0.3 is 19.7 Å². The molecule has 7 heteroatoms. The van der Waals surface area contributed by atoms with Crippen molar-refractivity contribution in [1.29, 1.82) is 0 Å². The number of rotatable bonds is 6. The van der Waals surface area contributed by atoms with Gasteiger partial charge in [-0.25, -0.2) is 0 Å². The van der Waals surface area contributed by atoms with E-state index in [1.165, 1.54) is 22.6 Å².